The minimum Gasteiger partial charge on any atom is -0.543 e. The summed E-state index contributed by atoms with van der Waals surface area (Å²) in [4.78, 5) is 21.4. The van der Waals surface area contributed by atoms with E-state index in [1.54, 1.807) is 19.2 Å². The summed E-state index contributed by atoms with van der Waals surface area (Å²) in [5.41, 5.74) is 2.11. The van der Waals surface area contributed by atoms with E-state index in [9.17, 15) is 9.90 Å². The van der Waals surface area contributed by atoms with Gasteiger partial charge in [-0.15, -0.1) is 11.3 Å². The quantitative estimate of drug-likeness (QED) is 0.165. The molecule has 3 aromatic carbocycles. The number of benzene rings is 3. The van der Waals surface area contributed by atoms with E-state index in [4.69, 9.17) is 4.84 Å². The van der Waals surface area contributed by atoms with Crippen molar-refractivity contribution in [1.29, 1.82) is 0 Å². The van der Waals surface area contributed by atoms with E-state index in [-0.39, 0.29) is 47.1 Å². The summed E-state index contributed by atoms with van der Waals surface area (Å²) in [5.74, 6) is -1.45. The number of carboxylic acid groups (broad SMARTS) is 1. The minimum absolute atomic E-state index is 0. The fraction of sp³-hybridized carbons (Fsp3) is 0.148. The first-order chi connectivity index (χ1) is 16.5. The number of hydrogen-bond donors (Lipinski definition) is 1. The Morgan fingerprint density at radius 1 is 0.914 bits per heavy atom. The van der Waals surface area contributed by atoms with Gasteiger partial charge in [0, 0.05) is 5.38 Å². The van der Waals surface area contributed by atoms with Crippen molar-refractivity contribution in [2.45, 2.75) is 25.5 Å². The summed E-state index contributed by atoms with van der Waals surface area (Å²) in [6.45, 7) is 3.52. The molecule has 8 heteroatoms. The first-order valence-electron chi connectivity index (χ1n) is 10.9. The van der Waals surface area contributed by atoms with Crippen molar-refractivity contribution in [2.24, 2.45) is 5.16 Å². The van der Waals surface area contributed by atoms with Gasteiger partial charge in [-0.3, -0.25) is 0 Å². The predicted molar refractivity (Wildman–Crippen MR) is 133 cm³/mol. The van der Waals surface area contributed by atoms with E-state index >= 15 is 0 Å². The van der Waals surface area contributed by atoms with E-state index in [0.717, 1.165) is 16.7 Å². The molecular weight excluding hydrogens is 469 g/mol. The van der Waals surface area contributed by atoms with Crippen molar-refractivity contribution >= 4 is 28.1 Å². The number of carbonyl (C=O) groups is 1. The Balaban J connectivity index is 0.00000342. The number of anilines is 1. The molecule has 0 radical (unpaired) electrons. The molecule has 0 aliphatic heterocycles. The molecule has 1 N–H and O–H groups in total. The Kier molecular flexibility index (Phi) is 9.23. The second kappa shape index (κ2) is 12.1. The van der Waals surface area contributed by atoms with Crippen LogP contribution < -0.4 is 40.0 Å². The van der Waals surface area contributed by atoms with Crippen molar-refractivity contribution in [3.05, 3.63) is 119 Å². The molecule has 35 heavy (non-hydrogen) atoms. The van der Waals surface area contributed by atoms with Crippen LogP contribution in [-0.4, -0.2) is 22.8 Å². The number of aliphatic carboxylic acids is 1. The number of hydrogen-bond acceptors (Lipinski definition) is 7. The van der Waals surface area contributed by atoms with Crippen LogP contribution in [0.2, 0.25) is 0 Å². The van der Waals surface area contributed by atoms with Gasteiger partial charge in [0.15, 0.2) is 10.8 Å². The number of carbonyl (C=O) groups excluding carboxylic acids is 1. The molecule has 0 amide bonds. The Hall–Kier alpha value is -2.97. The minimum atomic E-state index is -1.45. The third-order valence-electron chi connectivity index (χ3n) is 5.21. The molecule has 1 aromatic heterocycles. The third-order valence-corrected chi connectivity index (χ3v) is 5.97. The average molecular weight is 494 g/mol. The molecule has 0 spiro atoms. The fourth-order valence-corrected chi connectivity index (χ4v) is 4.48. The fourth-order valence-electron chi connectivity index (χ4n) is 3.73. The van der Waals surface area contributed by atoms with Crippen molar-refractivity contribution in [3.8, 4) is 0 Å². The molecule has 6 nitrogen and oxygen atoms in total. The summed E-state index contributed by atoms with van der Waals surface area (Å²) < 4.78 is 0. The van der Waals surface area contributed by atoms with Gasteiger partial charge in [0.05, 0.1) is 5.97 Å². The number of nitrogens with one attached hydrogen (secondary N) is 1. The first-order valence-corrected chi connectivity index (χ1v) is 11.7. The van der Waals surface area contributed by atoms with Gasteiger partial charge in [-0.25, -0.2) is 4.98 Å². The van der Waals surface area contributed by atoms with Gasteiger partial charge in [-0.1, -0.05) is 96.2 Å². The summed E-state index contributed by atoms with van der Waals surface area (Å²) >= 11 is 1.29. The third kappa shape index (κ3) is 6.00. The van der Waals surface area contributed by atoms with Crippen LogP contribution in [-0.2, 0) is 15.2 Å². The van der Waals surface area contributed by atoms with Gasteiger partial charge < -0.3 is 20.1 Å². The topological polar surface area (TPSA) is 86.6 Å². The van der Waals surface area contributed by atoms with Gasteiger partial charge in [0.2, 0.25) is 0 Å². The summed E-state index contributed by atoms with van der Waals surface area (Å²) in [5, 5.41) is 21.2. The molecule has 0 bridgehead atoms. The molecule has 0 saturated carbocycles. The second-order valence-electron chi connectivity index (χ2n) is 7.89. The van der Waals surface area contributed by atoms with Crippen LogP contribution in [0.5, 0.6) is 0 Å². The van der Waals surface area contributed by atoms with Gasteiger partial charge in [-0.05, 0) is 30.5 Å². The maximum atomic E-state index is 11.7. The molecule has 0 aliphatic carbocycles. The van der Waals surface area contributed by atoms with Crippen LogP contribution in [0.4, 0.5) is 5.13 Å². The van der Waals surface area contributed by atoms with E-state index < -0.39 is 11.5 Å². The first kappa shape index (κ1) is 26.6. The normalized spacial score (nSPS) is 11.6. The maximum absolute atomic E-state index is 11.7. The Morgan fingerprint density at radius 3 is 1.77 bits per heavy atom. The standard InChI is InChI=1S/C27H25N3O3S.Na/c1-19(2)33-30-24(25(31)32)23-18-34-26(28-23)29-27(20-12-6-3-7-13-20,21-14-8-4-9-15-21)22-16-10-5-11-17-22;/h3-19H,1-2H3,(H,28,29)(H,31,32);/q;+1/p-1/b30-24+;. The van der Waals surface area contributed by atoms with Crippen LogP contribution in [0.15, 0.2) is 102 Å². The van der Waals surface area contributed by atoms with E-state index in [0.29, 0.717) is 5.13 Å². The van der Waals surface area contributed by atoms with Gasteiger partial charge in [-0.2, -0.15) is 0 Å². The molecule has 0 saturated heterocycles. The predicted octanol–water partition coefficient (Wildman–Crippen LogP) is 1.43. The molecule has 4 rings (SSSR count). The Labute approximate surface area is 231 Å². The van der Waals surface area contributed by atoms with Crippen LogP contribution in [0.1, 0.15) is 36.2 Å². The Morgan fingerprint density at radius 2 is 1.37 bits per heavy atom. The number of aromatic nitrogens is 1. The van der Waals surface area contributed by atoms with Gasteiger partial charge in [0.25, 0.3) is 0 Å². The molecule has 4 aromatic rings. The zero-order chi connectivity index (χ0) is 24.0. The zero-order valence-electron chi connectivity index (χ0n) is 19.8. The number of thiazole rings is 1. The zero-order valence-corrected chi connectivity index (χ0v) is 22.7. The van der Waals surface area contributed by atoms with Crippen molar-refractivity contribution in [3.63, 3.8) is 0 Å². The Bertz CT molecular complexity index is 1170. The number of nitrogens with zero attached hydrogens (tertiary/aromatic N) is 2. The molecule has 172 valence electrons. The summed E-state index contributed by atoms with van der Waals surface area (Å²) in [6, 6.07) is 30.3. The molecule has 0 aliphatic rings. The van der Waals surface area contributed by atoms with Crippen LogP contribution in [0.3, 0.4) is 0 Å². The number of carboxylic acids is 1. The van der Waals surface area contributed by atoms with E-state index in [2.05, 4.69) is 51.9 Å². The smallest absolute Gasteiger partial charge is 0.543 e. The number of rotatable bonds is 9. The second-order valence-corrected chi connectivity index (χ2v) is 8.75. The van der Waals surface area contributed by atoms with E-state index in [1.807, 2.05) is 54.6 Å². The SMILES string of the molecule is CC(C)O/N=C(/C(=O)[O-])c1csc(NC(c2ccccc2)(c2ccccc2)c2ccccc2)n1.[Na+]. The number of oxime groups is 1. The van der Waals surface area contributed by atoms with Crippen molar-refractivity contribution in [2.75, 3.05) is 5.32 Å². The summed E-state index contributed by atoms with van der Waals surface area (Å²) in [7, 11) is 0. The molecule has 1 heterocycles. The molecule has 0 atom stereocenters. The van der Waals surface area contributed by atoms with Crippen molar-refractivity contribution < 1.29 is 44.3 Å². The van der Waals surface area contributed by atoms with Gasteiger partial charge in [0.1, 0.15) is 17.3 Å². The monoisotopic (exact) mass is 493 g/mol. The maximum Gasteiger partial charge on any atom is 1.00 e. The van der Waals surface area contributed by atoms with Crippen LogP contribution >= 0.6 is 11.3 Å². The van der Waals surface area contributed by atoms with Gasteiger partial charge >= 0.3 is 29.6 Å². The largest absolute Gasteiger partial charge is 1.00 e. The summed E-state index contributed by atoms with van der Waals surface area (Å²) in [6.07, 6.45) is -0.271. The van der Waals surface area contributed by atoms with Crippen molar-refractivity contribution in [1.82, 2.24) is 4.98 Å². The molecule has 0 unspecified atom stereocenters. The molecule has 0 fully saturated rings. The van der Waals surface area contributed by atoms with Crippen LogP contribution in [0, 0.1) is 0 Å². The molecular formula is C27H24N3NaO3S. The average Bonchev–Trinajstić information content (AvgIpc) is 3.32. The van der Waals surface area contributed by atoms with Crippen LogP contribution in [0.25, 0.3) is 0 Å². The van der Waals surface area contributed by atoms with E-state index in [1.165, 1.54) is 11.3 Å².